The molecule has 1 unspecified atom stereocenters. The van der Waals surface area contributed by atoms with E-state index in [2.05, 4.69) is 25.2 Å². The summed E-state index contributed by atoms with van der Waals surface area (Å²) in [5.41, 5.74) is 0.602. The van der Waals surface area contributed by atoms with Crippen molar-refractivity contribution in [1.29, 1.82) is 0 Å². The Balaban J connectivity index is 1.51. The van der Waals surface area contributed by atoms with E-state index in [1.807, 2.05) is 0 Å². The molecule has 5 N–H and O–H groups in total. The Hall–Kier alpha value is -1.69. The van der Waals surface area contributed by atoms with Crippen LogP contribution in [-0.4, -0.2) is 89.6 Å². The summed E-state index contributed by atoms with van der Waals surface area (Å²) in [5, 5.41) is 28.7. The summed E-state index contributed by atoms with van der Waals surface area (Å²) in [5.74, 6) is -0.798. The standard InChI is InChI=1S/C19H27ClN6O9P2/c1-21-6-7-33-37(32,10-36(29,30)31)34-9-13-14(27)15(28)16(35-13)12-8-22-18-17(23-11-4-2-3-5-11)24-19(20)25-26(12)18/h8,11,13-16,27-28H,2-7,9-10H2,(H,23,24,25)(H2,29,30,31)/t13-,14-,15-,16+,37?/m1/s1. The highest BCUT2D eigenvalue weighted by atomic mass is 35.5. The highest BCUT2D eigenvalue weighted by molar-refractivity contribution is 7.70. The largest absolute Gasteiger partial charge is 0.387 e. The van der Waals surface area contributed by atoms with E-state index >= 15 is 0 Å². The van der Waals surface area contributed by atoms with Crippen LogP contribution in [0.3, 0.4) is 0 Å². The van der Waals surface area contributed by atoms with Crippen LogP contribution in [-0.2, 0) is 22.9 Å². The predicted octanol–water partition coefficient (Wildman–Crippen LogP) is 1.57. The normalized spacial score (nSPS) is 26.4. The van der Waals surface area contributed by atoms with Gasteiger partial charge in [-0.25, -0.2) is 16.1 Å². The van der Waals surface area contributed by atoms with Gasteiger partial charge in [0.2, 0.25) is 11.8 Å². The molecule has 1 aliphatic heterocycles. The molecular weight excluding hydrogens is 554 g/mol. The van der Waals surface area contributed by atoms with Gasteiger partial charge in [0.15, 0.2) is 17.4 Å². The van der Waals surface area contributed by atoms with Crippen molar-refractivity contribution in [3.63, 3.8) is 0 Å². The minimum absolute atomic E-state index is 0.0740. The third kappa shape index (κ3) is 6.85. The average molecular weight is 581 g/mol. The maximum atomic E-state index is 12.9. The fourth-order valence-corrected chi connectivity index (χ4v) is 7.74. The lowest BCUT2D eigenvalue weighted by Crippen LogP contribution is -2.33. The minimum Gasteiger partial charge on any atom is -0.387 e. The van der Waals surface area contributed by atoms with Crippen LogP contribution < -0.4 is 5.32 Å². The van der Waals surface area contributed by atoms with E-state index in [0.717, 1.165) is 25.7 Å². The highest BCUT2D eigenvalue weighted by Gasteiger charge is 2.46. The first kappa shape index (κ1) is 28.3. The number of aliphatic hydroxyl groups is 2. The lowest BCUT2D eigenvalue weighted by molar-refractivity contribution is -0.0214. The number of nitrogens with one attached hydrogen (secondary N) is 1. The van der Waals surface area contributed by atoms with E-state index in [1.165, 1.54) is 10.7 Å². The van der Waals surface area contributed by atoms with E-state index in [0.29, 0.717) is 11.5 Å². The van der Waals surface area contributed by atoms with Crippen LogP contribution in [0.15, 0.2) is 6.20 Å². The molecule has 0 radical (unpaired) electrons. The highest BCUT2D eigenvalue weighted by Crippen LogP contribution is 2.59. The first-order valence-corrected chi connectivity index (χ1v) is 15.4. The van der Waals surface area contributed by atoms with Crippen molar-refractivity contribution in [1.82, 2.24) is 19.6 Å². The molecule has 204 valence electrons. The molecule has 0 amide bonds. The van der Waals surface area contributed by atoms with E-state index in [9.17, 15) is 29.1 Å². The summed E-state index contributed by atoms with van der Waals surface area (Å²) in [6.45, 7) is 5.56. The van der Waals surface area contributed by atoms with Gasteiger partial charge in [0, 0.05) is 6.04 Å². The summed E-state index contributed by atoms with van der Waals surface area (Å²) in [7, 11) is -9.17. The molecule has 0 aromatic carbocycles. The molecule has 2 aromatic heterocycles. The van der Waals surface area contributed by atoms with Gasteiger partial charge in [-0.3, -0.25) is 9.13 Å². The molecule has 2 aromatic rings. The van der Waals surface area contributed by atoms with Gasteiger partial charge in [0.1, 0.15) is 31.0 Å². The number of halogens is 1. The molecule has 5 atom stereocenters. The number of aromatic nitrogens is 4. The van der Waals surface area contributed by atoms with Crippen molar-refractivity contribution >= 4 is 38.3 Å². The molecular formula is C19H27ClN6O9P2. The van der Waals surface area contributed by atoms with Gasteiger partial charge in [0.05, 0.1) is 18.5 Å². The first-order chi connectivity index (χ1) is 17.5. The van der Waals surface area contributed by atoms with Crippen LogP contribution in [0.25, 0.3) is 10.5 Å². The second-order valence-corrected chi connectivity index (χ2v) is 13.3. The molecule has 1 aliphatic carbocycles. The molecule has 3 heterocycles. The molecule has 15 nitrogen and oxygen atoms in total. The fraction of sp³-hybridized carbons (Fsp3) is 0.684. The number of aliphatic hydroxyl groups excluding tert-OH is 2. The van der Waals surface area contributed by atoms with E-state index < -0.39 is 52.1 Å². The quantitative estimate of drug-likeness (QED) is 0.146. The van der Waals surface area contributed by atoms with Crippen molar-refractivity contribution < 1.29 is 42.9 Å². The number of nitrogens with zero attached hydrogens (tertiary/aromatic N) is 5. The maximum Gasteiger partial charge on any atom is 0.343 e. The van der Waals surface area contributed by atoms with Crippen LogP contribution >= 0.6 is 26.8 Å². The van der Waals surface area contributed by atoms with Crippen molar-refractivity contribution in [2.75, 3.05) is 31.0 Å². The molecule has 2 fully saturated rings. The zero-order valence-corrected chi connectivity index (χ0v) is 22.0. The van der Waals surface area contributed by atoms with Gasteiger partial charge in [-0.1, -0.05) is 12.8 Å². The number of anilines is 1. The van der Waals surface area contributed by atoms with Gasteiger partial charge in [0.25, 0.3) is 0 Å². The van der Waals surface area contributed by atoms with Gasteiger partial charge < -0.3 is 43.9 Å². The Labute approximate surface area is 216 Å². The zero-order valence-electron chi connectivity index (χ0n) is 19.5. The van der Waals surface area contributed by atoms with Crippen molar-refractivity contribution in [3.05, 3.63) is 28.6 Å². The topological polar surface area (TPSA) is 202 Å². The summed E-state index contributed by atoms with van der Waals surface area (Å²) in [6.07, 6.45) is 0.176. The van der Waals surface area contributed by atoms with E-state index in [1.54, 1.807) is 0 Å². The Morgan fingerprint density at radius 1 is 1.24 bits per heavy atom. The fourth-order valence-electron chi connectivity index (χ4n) is 4.31. The summed E-state index contributed by atoms with van der Waals surface area (Å²) in [4.78, 5) is 30.1. The molecule has 18 heteroatoms. The van der Waals surface area contributed by atoms with Gasteiger partial charge in [-0.15, -0.1) is 5.10 Å². The number of rotatable bonds is 11. The lowest BCUT2D eigenvalue weighted by atomic mass is 10.1. The van der Waals surface area contributed by atoms with Crippen LogP contribution in [0.4, 0.5) is 5.82 Å². The van der Waals surface area contributed by atoms with Gasteiger partial charge >= 0.3 is 15.2 Å². The zero-order chi connectivity index (χ0) is 26.8. The number of imidazole rings is 1. The third-order valence-corrected chi connectivity index (χ3v) is 10.1. The predicted molar refractivity (Wildman–Crippen MR) is 129 cm³/mol. The molecule has 0 bridgehead atoms. The molecule has 1 saturated heterocycles. The van der Waals surface area contributed by atoms with Crippen LogP contribution in [0.1, 0.15) is 37.5 Å². The first-order valence-electron chi connectivity index (χ1n) is 11.4. The summed E-state index contributed by atoms with van der Waals surface area (Å²) >= 11 is 6.13. The lowest BCUT2D eigenvalue weighted by Gasteiger charge is -2.21. The van der Waals surface area contributed by atoms with E-state index in [4.69, 9.17) is 32.0 Å². The van der Waals surface area contributed by atoms with E-state index in [-0.39, 0.29) is 30.2 Å². The van der Waals surface area contributed by atoms with Gasteiger partial charge in [-0.05, 0) is 24.4 Å². The molecule has 2 aliphatic rings. The second kappa shape index (κ2) is 11.6. The summed E-state index contributed by atoms with van der Waals surface area (Å²) in [6, 6.07) is 0.215. The van der Waals surface area contributed by atoms with Crippen molar-refractivity contribution in [2.45, 2.75) is 56.1 Å². The smallest absolute Gasteiger partial charge is 0.343 e. The second-order valence-electron chi connectivity index (χ2n) is 8.78. The Kier molecular flexibility index (Phi) is 8.87. The van der Waals surface area contributed by atoms with Crippen LogP contribution in [0.5, 0.6) is 0 Å². The Bertz CT molecular complexity index is 1250. The number of ether oxygens (including phenoxy) is 1. The molecule has 0 spiro atoms. The van der Waals surface area contributed by atoms with Crippen molar-refractivity contribution in [2.24, 2.45) is 0 Å². The number of fused-ring (bicyclic) bond motifs is 1. The minimum atomic E-state index is -4.81. The Morgan fingerprint density at radius 2 is 1.97 bits per heavy atom. The number of hydrogen-bond acceptors (Lipinski definition) is 11. The Morgan fingerprint density at radius 3 is 2.65 bits per heavy atom. The van der Waals surface area contributed by atoms with Crippen molar-refractivity contribution in [3.8, 4) is 0 Å². The SMILES string of the molecule is [C-]#[N+]CCOP(=O)(CP(=O)(O)O)OC[C@H]1O[C@@H](c2cnc3c(NC4CCCC4)nc(Cl)nn23)[C@H](O)[C@@H]1O. The molecule has 1 saturated carbocycles. The number of hydrogen-bond donors (Lipinski definition) is 5. The summed E-state index contributed by atoms with van der Waals surface area (Å²) < 4.78 is 41.6. The van der Waals surface area contributed by atoms with Gasteiger partial charge in [-0.2, -0.15) is 4.98 Å². The van der Waals surface area contributed by atoms with Crippen LogP contribution in [0, 0.1) is 6.57 Å². The average Bonchev–Trinajstić information content (AvgIpc) is 3.53. The monoisotopic (exact) mass is 580 g/mol. The molecule has 4 rings (SSSR count). The molecule has 37 heavy (non-hydrogen) atoms. The maximum absolute atomic E-state index is 12.9. The van der Waals surface area contributed by atoms with Crippen LogP contribution in [0.2, 0.25) is 5.28 Å². The third-order valence-electron chi connectivity index (χ3n) is 6.00.